The van der Waals surface area contributed by atoms with Gasteiger partial charge in [-0.2, -0.15) is 0 Å². The molecular weight excluding hydrogens is 259 g/mol. The Balaban J connectivity index is 2.52. The summed E-state index contributed by atoms with van der Waals surface area (Å²) in [4.78, 5) is 12.5. The average molecular weight is 274 g/mol. The lowest BCUT2D eigenvalue weighted by atomic mass is 10.0. The SMILES string of the molecule is COc1cc(C)ccc1C(=O)c1cccc(OC)c1F. The van der Waals surface area contributed by atoms with Crippen molar-refractivity contribution in [1.82, 2.24) is 0 Å². The van der Waals surface area contributed by atoms with E-state index in [0.717, 1.165) is 5.56 Å². The van der Waals surface area contributed by atoms with Crippen LogP contribution in [-0.4, -0.2) is 20.0 Å². The summed E-state index contributed by atoms with van der Waals surface area (Å²) in [6.07, 6.45) is 0. The first kappa shape index (κ1) is 14.1. The number of benzene rings is 2. The molecule has 0 radical (unpaired) electrons. The quantitative estimate of drug-likeness (QED) is 0.802. The van der Waals surface area contributed by atoms with E-state index in [0.29, 0.717) is 11.3 Å². The Morgan fingerprint density at radius 3 is 2.35 bits per heavy atom. The van der Waals surface area contributed by atoms with Gasteiger partial charge in [0, 0.05) is 0 Å². The maximum atomic E-state index is 14.1. The Morgan fingerprint density at radius 2 is 1.70 bits per heavy atom. The molecule has 0 saturated carbocycles. The first-order valence-electron chi connectivity index (χ1n) is 6.10. The highest BCUT2D eigenvalue weighted by atomic mass is 19.1. The van der Waals surface area contributed by atoms with Crippen molar-refractivity contribution in [2.75, 3.05) is 14.2 Å². The fourth-order valence-corrected chi connectivity index (χ4v) is 1.97. The first-order valence-corrected chi connectivity index (χ1v) is 6.10. The highest BCUT2D eigenvalue weighted by molar-refractivity contribution is 6.11. The molecule has 2 rings (SSSR count). The molecule has 0 bridgehead atoms. The third-order valence-electron chi connectivity index (χ3n) is 3.03. The van der Waals surface area contributed by atoms with Crippen molar-refractivity contribution in [3.05, 3.63) is 58.9 Å². The van der Waals surface area contributed by atoms with Crippen molar-refractivity contribution in [3.8, 4) is 11.5 Å². The van der Waals surface area contributed by atoms with Crippen LogP contribution < -0.4 is 9.47 Å². The topological polar surface area (TPSA) is 35.5 Å². The van der Waals surface area contributed by atoms with Gasteiger partial charge in [0.2, 0.25) is 0 Å². The van der Waals surface area contributed by atoms with Gasteiger partial charge in [-0.1, -0.05) is 12.1 Å². The molecule has 0 aliphatic heterocycles. The zero-order valence-corrected chi connectivity index (χ0v) is 11.6. The molecule has 0 heterocycles. The highest BCUT2D eigenvalue weighted by Crippen LogP contribution is 2.27. The van der Waals surface area contributed by atoms with Gasteiger partial charge in [0.15, 0.2) is 17.3 Å². The molecule has 20 heavy (non-hydrogen) atoms. The van der Waals surface area contributed by atoms with Crippen LogP contribution in [0.2, 0.25) is 0 Å². The summed E-state index contributed by atoms with van der Waals surface area (Å²) < 4.78 is 24.2. The van der Waals surface area contributed by atoms with Crippen LogP contribution in [0.4, 0.5) is 4.39 Å². The van der Waals surface area contributed by atoms with E-state index in [1.807, 2.05) is 6.92 Å². The number of rotatable bonds is 4. The summed E-state index contributed by atoms with van der Waals surface area (Å²) in [6.45, 7) is 1.89. The van der Waals surface area contributed by atoms with E-state index in [2.05, 4.69) is 0 Å². The van der Waals surface area contributed by atoms with Gasteiger partial charge in [-0.25, -0.2) is 4.39 Å². The third kappa shape index (κ3) is 2.50. The van der Waals surface area contributed by atoms with Crippen LogP contribution in [0.5, 0.6) is 11.5 Å². The van der Waals surface area contributed by atoms with Gasteiger partial charge in [0.25, 0.3) is 0 Å². The van der Waals surface area contributed by atoms with Crippen LogP contribution in [0.25, 0.3) is 0 Å². The predicted molar refractivity (Wildman–Crippen MR) is 74.1 cm³/mol. The van der Waals surface area contributed by atoms with Gasteiger partial charge >= 0.3 is 0 Å². The molecule has 0 aromatic heterocycles. The van der Waals surface area contributed by atoms with Crippen LogP contribution in [0.3, 0.4) is 0 Å². The molecule has 0 aliphatic carbocycles. The lowest BCUT2D eigenvalue weighted by Crippen LogP contribution is -2.07. The predicted octanol–water partition coefficient (Wildman–Crippen LogP) is 3.38. The number of ether oxygens (including phenoxy) is 2. The lowest BCUT2D eigenvalue weighted by molar-refractivity contribution is 0.103. The van der Waals surface area contributed by atoms with Gasteiger partial charge in [-0.3, -0.25) is 4.79 Å². The van der Waals surface area contributed by atoms with E-state index in [1.165, 1.54) is 26.4 Å². The summed E-state index contributed by atoms with van der Waals surface area (Å²) in [6, 6.07) is 9.64. The minimum Gasteiger partial charge on any atom is -0.496 e. The molecule has 2 aromatic rings. The number of hydrogen-bond donors (Lipinski definition) is 0. The summed E-state index contributed by atoms with van der Waals surface area (Å²) in [5.41, 5.74) is 1.25. The van der Waals surface area contributed by atoms with E-state index < -0.39 is 11.6 Å². The molecule has 2 aromatic carbocycles. The molecule has 104 valence electrons. The van der Waals surface area contributed by atoms with E-state index in [1.54, 1.807) is 24.3 Å². The van der Waals surface area contributed by atoms with Crippen LogP contribution in [0.15, 0.2) is 36.4 Å². The third-order valence-corrected chi connectivity index (χ3v) is 3.03. The molecule has 3 nitrogen and oxygen atoms in total. The van der Waals surface area contributed by atoms with E-state index in [9.17, 15) is 9.18 Å². The molecule has 4 heteroatoms. The van der Waals surface area contributed by atoms with E-state index in [4.69, 9.17) is 9.47 Å². The Morgan fingerprint density at radius 1 is 1.00 bits per heavy atom. The largest absolute Gasteiger partial charge is 0.496 e. The molecule has 0 aliphatic rings. The zero-order valence-electron chi connectivity index (χ0n) is 11.6. The molecule has 0 fully saturated rings. The minimum atomic E-state index is -0.664. The number of ketones is 1. The summed E-state index contributed by atoms with van der Waals surface area (Å²) in [7, 11) is 2.84. The van der Waals surface area contributed by atoms with Gasteiger partial charge in [-0.15, -0.1) is 0 Å². The molecule has 0 saturated heterocycles. The van der Waals surface area contributed by atoms with Crippen molar-refractivity contribution in [2.45, 2.75) is 6.92 Å². The number of carbonyl (C=O) groups excluding carboxylic acids is 1. The van der Waals surface area contributed by atoms with Gasteiger partial charge in [-0.05, 0) is 36.8 Å². The Labute approximate surface area is 117 Å². The molecule has 0 unspecified atom stereocenters. The van der Waals surface area contributed by atoms with Crippen molar-refractivity contribution >= 4 is 5.78 Å². The number of aryl methyl sites for hydroxylation is 1. The Hall–Kier alpha value is -2.36. The van der Waals surface area contributed by atoms with Gasteiger partial charge in [0.05, 0.1) is 25.3 Å². The number of halogens is 1. The summed E-state index contributed by atoms with van der Waals surface area (Å²) in [5.74, 6) is -0.625. The number of hydrogen-bond acceptors (Lipinski definition) is 3. The van der Waals surface area contributed by atoms with Crippen LogP contribution in [0, 0.1) is 12.7 Å². The smallest absolute Gasteiger partial charge is 0.199 e. The van der Waals surface area contributed by atoms with E-state index in [-0.39, 0.29) is 11.3 Å². The number of carbonyl (C=O) groups is 1. The monoisotopic (exact) mass is 274 g/mol. The second kappa shape index (κ2) is 5.74. The van der Waals surface area contributed by atoms with E-state index >= 15 is 0 Å². The second-order valence-corrected chi connectivity index (χ2v) is 4.35. The Bertz CT molecular complexity index is 650. The molecular formula is C16H15FO3. The minimum absolute atomic E-state index is 0.0356. The maximum absolute atomic E-state index is 14.1. The zero-order chi connectivity index (χ0) is 14.7. The highest BCUT2D eigenvalue weighted by Gasteiger charge is 2.20. The Kier molecular flexibility index (Phi) is 4.03. The first-order chi connectivity index (χ1) is 9.58. The second-order valence-electron chi connectivity index (χ2n) is 4.35. The van der Waals surface area contributed by atoms with Crippen LogP contribution in [-0.2, 0) is 0 Å². The average Bonchev–Trinajstić information content (AvgIpc) is 2.46. The fourth-order valence-electron chi connectivity index (χ4n) is 1.97. The van der Waals surface area contributed by atoms with Crippen molar-refractivity contribution in [1.29, 1.82) is 0 Å². The molecule has 0 amide bonds. The van der Waals surface area contributed by atoms with Crippen molar-refractivity contribution < 1.29 is 18.7 Å². The normalized spacial score (nSPS) is 10.2. The van der Waals surface area contributed by atoms with Gasteiger partial charge < -0.3 is 9.47 Å². The summed E-state index contributed by atoms with van der Waals surface area (Å²) >= 11 is 0. The van der Waals surface area contributed by atoms with Crippen LogP contribution >= 0.6 is 0 Å². The van der Waals surface area contributed by atoms with Crippen molar-refractivity contribution in [2.24, 2.45) is 0 Å². The van der Waals surface area contributed by atoms with Crippen molar-refractivity contribution in [3.63, 3.8) is 0 Å². The fraction of sp³-hybridized carbons (Fsp3) is 0.188. The maximum Gasteiger partial charge on any atom is 0.199 e. The van der Waals surface area contributed by atoms with Crippen LogP contribution in [0.1, 0.15) is 21.5 Å². The molecule has 0 spiro atoms. The lowest BCUT2D eigenvalue weighted by Gasteiger charge is -2.10. The standard InChI is InChI=1S/C16H15FO3/c1-10-7-8-11(14(9-10)20-3)16(18)12-5-4-6-13(19-2)15(12)17/h4-9H,1-3H3. The summed E-state index contributed by atoms with van der Waals surface area (Å²) in [5, 5.41) is 0. The number of methoxy groups -OCH3 is 2. The molecule has 0 N–H and O–H groups in total. The molecule has 0 atom stereocenters. The van der Waals surface area contributed by atoms with Gasteiger partial charge in [0.1, 0.15) is 5.75 Å².